The van der Waals surface area contributed by atoms with Gasteiger partial charge in [-0.05, 0) is 29.7 Å². The molecule has 1 aliphatic heterocycles. The van der Waals surface area contributed by atoms with Crippen molar-refractivity contribution in [3.8, 4) is 11.5 Å². The molecule has 130 valence electrons. The quantitative estimate of drug-likeness (QED) is 0.332. The molecule has 1 N–H and O–H groups in total. The van der Waals surface area contributed by atoms with Crippen LogP contribution in [0.2, 0.25) is 0 Å². The van der Waals surface area contributed by atoms with E-state index >= 15 is 0 Å². The van der Waals surface area contributed by atoms with Crippen LogP contribution < -0.4 is 14.8 Å². The van der Waals surface area contributed by atoms with Crippen molar-refractivity contribution >= 4 is 29.9 Å². The fourth-order valence-corrected chi connectivity index (χ4v) is 2.66. The molecule has 0 spiro atoms. The highest BCUT2D eigenvalue weighted by molar-refractivity contribution is 14.0. The molecule has 2 rings (SSSR count). The summed E-state index contributed by atoms with van der Waals surface area (Å²) >= 11 is 0. The van der Waals surface area contributed by atoms with Crippen LogP contribution in [0.3, 0.4) is 0 Å². The van der Waals surface area contributed by atoms with Crippen molar-refractivity contribution in [1.29, 1.82) is 0 Å². The number of ether oxygens (including phenoxy) is 3. The molecule has 0 aliphatic carbocycles. The number of fused-ring (bicyclic) bond motifs is 1. The molecule has 0 radical (unpaired) electrons. The van der Waals surface area contributed by atoms with Gasteiger partial charge in [-0.1, -0.05) is 0 Å². The summed E-state index contributed by atoms with van der Waals surface area (Å²) in [7, 11) is 6.83. The SMILES string of the molecule is CN=C(NCCOC)N1CCc2cc(OC)c(OC)cc2C1.I. The number of nitrogens with zero attached hydrogens (tertiary/aromatic N) is 2. The molecular weight excluding hydrogens is 409 g/mol. The summed E-state index contributed by atoms with van der Waals surface area (Å²) in [4.78, 5) is 6.59. The number of guanidine groups is 1. The summed E-state index contributed by atoms with van der Waals surface area (Å²) in [5, 5.41) is 3.32. The maximum atomic E-state index is 5.40. The van der Waals surface area contributed by atoms with Gasteiger partial charge in [0.2, 0.25) is 0 Å². The molecule has 0 fully saturated rings. The van der Waals surface area contributed by atoms with Crippen LogP contribution in [-0.2, 0) is 17.7 Å². The summed E-state index contributed by atoms with van der Waals surface area (Å²) in [5.74, 6) is 2.46. The average molecular weight is 435 g/mol. The Balaban J connectivity index is 0.00000264. The summed E-state index contributed by atoms with van der Waals surface area (Å²) in [6.45, 7) is 3.14. The van der Waals surface area contributed by atoms with Crippen LogP contribution in [0.5, 0.6) is 11.5 Å². The lowest BCUT2D eigenvalue weighted by Crippen LogP contribution is -2.44. The van der Waals surface area contributed by atoms with E-state index in [1.165, 1.54) is 11.1 Å². The third-order valence-corrected chi connectivity index (χ3v) is 3.82. The van der Waals surface area contributed by atoms with Crippen molar-refractivity contribution in [3.05, 3.63) is 23.3 Å². The first kappa shape index (κ1) is 19.8. The molecule has 1 aromatic rings. The van der Waals surface area contributed by atoms with Gasteiger partial charge in [-0.15, -0.1) is 24.0 Å². The summed E-state index contributed by atoms with van der Waals surface area (Å²) in [6, 6.07) is 4.13. The Labute approximate surface area is 155 Å². The number of rotatable bonds is 5. The number of hydrogen-bond acceptors (Lipinski definition) is 4. The maximum absolute atomic E-state index is 5.40. The van der Waals surface area contributed by atoms with E-state index in [2.05, 4.69) is 27.3 Å². The zero-order valence-corrected chi connectivity index (χ0v) is 16.5. The van der Waals surface area contributed by atoms with Gasteiger partial charge in [-0.25, -0.2) is 0 Å². The lowest BCUT2D eigenvalue weighted by molar-refractivity contribution is 0.202. The van der Waals surface area contributed by atoms with Crippen LogP contribution in [0.4, 0.5) is 0 Å². The second kappa shape index (κ2) is 9.82. The monoisotopic (exact) mass is 435 g/mol. The molecule has 0 aromatic heterocycles. The topological polar surface area (TPSA) is 55.3 Å². The van der Waals surface area contributed by atoms with Crippen molar-refractivity contribution in [2.24, 2.45) is 4.99 Å². The standard InChI is InChI=1S/C16H25N3O3.HI/c1-17-16(18-6-8-20-2)19-7-5-12-9-14(21-3)15(22-4)10-13(12)11-19;/h9-10H,5-8,11H2,1-4H3,(H,17,18);1H. The molecule has 6 nitrogen and oxygen atoms in total. The van der Waals surface area contributed by atoms with Gasteiger partial charge in [0.05, 0.1) is 20.8 Å². The predicted octanol–water partition coefficient (Wildman–Crippen LogP) is 1.90. The van der Waals surface area contributed by atoms with E-state index in [0.29, 0.717) is 6.61 Å². The van der Waals surface area contributed by atoms with Crippen LogP contribution >= 0.6 is 24.0 Å². The number of hydrogen-bond donors (Lipinski definition) is 1. The number of nitrogens with one attached hydrogen (secondary N) is 1. The van der Waals surface area contributed by atoms with Crippen molar-refractivity contribution in [2.45, 2.75) is 13.0 Å². The van der Waals surface area contributed by atoms with E-state index in [-0.39, 0.29) is 24.0 Å². The van der Waals surface area contributed by atoms with Crippen LogP contribution in [0.1, 0.15) is 11.1 Å². The third-order valence-electron chi connectivity index (χ3n) is 3.82. The molecule has 1 aromatic carbocycles. The predicted molar refractivity (Wildman–Crippen MR) is 102 cm³/mol. The van der Waals surface area contributed by atoms with Gasteiger partial charge in [0, 0.05) is 33.8 Å². The smallest absolute Gasteiger partial charge is 0.194 e. The van der Waals surface area contributed by atoms with Gasteiger partial charge < -0.3 is 24.4 Å². The van der Waals surface area contributed by atoms with Crippen LogP contribution in [0.25, 0.3) is 0 Å². The average Bonchev–Trinajstić information content (AvgIpc) is 2.57. The Hall–Kier alpha value is -1.22. The lowest BCUT2D eigenvalue weighted by Gasteiger charge is -2.32. The zero-order chi connectivity index (χ0) is 15.9. The van der Waals surface area contributed by atoms with Gasteiger partial charge >= 0.3 is 0 Å². The van der Waals surface area contributed by atoms with E-state index < -0.39 is 0 Å². The molecule has 23 heavy (non-hydrogen) atoms. The molecule has 0 amide bonds. The van der Waals surface area contributed by atoms with Gasteiger partial charge in [0.1, 0.15) is 0 Å². The fourth-order valence-electron chi connectivity index (χ4n) is 2.66. The number of halogens is 1. The zero-order valence-electron chi connectivity index (χ0n) is 14.2. The number of aliphatic imine (C=N–C) groups is 1. The molecule has 0 unspecified atom stereocenters. The Morgan fingerprint density at radius 1 is 1.17 bits per heavy atom. The van der Waals surface area contributed by atoms with Crippen molar-refractivity contribution in [3.63, 3.8) is 0 Å². The van der Waals surface area contributed by atoms with Crippen molar-refractivity contribution in [2.75, 3.05) is 48.1 Å². The number of methoxy groups -OCH3 is 3. The highest BCUT2D eigenvalue weighted by Gasteiger charge is 2.21. The minimum Gasteiger partial charge on any atom is -0.493 e. The second-order valence-electron chi connectivity index (χ2n) is 5.11. The summed E-state index contributed by atoms with van der Waals surface area (Å²) < 4.78 is 15.8. The van der Waals surface area contributed by atoms with Gasteiger partial charge in [-0.2, -0.15) is 0 Å². The molecule has 0 saturated heterocycles. The van der Waals surface area contributed by atoms with Crippen LogP contribution in [-0.4, -0.2) is 58.9 Å². The minimum absolute atomic E-state index is 0. The highest BCUT2D eigenvalue weighted by atomic mass is 127. The Kier molecular flexibility index (Phi) is 8.46. The summed E-state index contributed by atoms with van der Waals surface area (Å²) in [6.07, 6.45) is 0.959. The fraction of sp³-hybridized carbons (Fsp3) is 0.562. The van der Waals surface area contributed by atoms with Gasteiger partial charge in [0.25, 0.3) is 0 Å². The summed E-state index contributed by atoms with van der Waals surface area (Å²) in [5.41, 5.74) is 2.56. The molecule has 1 heterocycles. The van der Waals surface area contributed by atoms with E-state index in [9.17, 15) is 0 Å². The maximum Gasteiger partial charge on any atom is 0.194 e. The van der Waals surface area contributed by atoms with E-state index in [4.69, 9.17) is 14.2 Å². The largest absolute Gasteiger partial charge is 0.493 e. The van der Waals surface area contributed by atoms with Crippen molar-refractivity contribution in [1.82, 2.24) is 10.2 Å². The molecule has 7 heteroatoms. The normalized spacial score (nSPS) is 13.9. The van der Waals surface area contributed by atoms with Crippen molar-refractivity contribution < 1.29 is 14.2 Å². The minimum atomic E-state index is 0. The van der Waals surface area contributed by atoms with Crippen LogP contribution in [0.15, 0.2) is 17.1 Å². The molecule has 0 atom stereocenters. The van der Waals surface area contributed by atoms with E-state index in [1.807, 2.05) is 0 Å². The van der Waals surface area contributed by atoms with Crippen LogP contribution in [0, 0.1) is 0 Å². The van der Waals surface area contributed by atoms with Gasteiger partial charge in [-0.3, -0.25) is 4.99 Å². The lowest BCUT2D eigenvalue weighted by atomic mass is 9.99. The van der Waals surface area contributed by atoms with E-state index in [1.54, 1.807) is 28.4 Å². The number of benzene rings is 1. The van der Waals surface area contributed by atoms with E-state index in [0.717, 1.165) is 43.5 Å². The molecule has 0 saturated carbocycles. The first-order chi connectivity index (χ1) is 10.7. The molecule has 1 aliphatic rings. The molecule has 0 bridgehead atoms. The first-order valence-electron chi connectivity index (χ1n) is 7.41. The third kappa shape index (κ3) is 4.87. The van der Waals surface area contributed by atoms with Gasteiger partial charge in [0.15, 0.2) is 17.5 Å². The first-order valence-corrected chi connectivity index (χ1v) is 7.41. The highest BCUT2D eigenvalue weighted by Crippen LogP contribution is 2.33. The Bertz CT molecular complexity index is 538. The second-order valence-corrected chi connectivity index (χ2v) is 5.11. The Morgan fingerprint density at radius 2 is 1.83 bits per heavy atom. The Morgan fingerprint density at radius 3 is 2.39 bits per heavy atom. The molecular formula is C16H26IN3O3.